The summed E-state index contributed by atoms with van der Waals surface area (Å²) in [5, 5.41) is 11.8. The molecule has 1 spiro atoms. The van der Waals surface area contributed by atoms with Gasteiger partial charge in [0, 0.05) is 10.8 Å². The minimum absolute atomic E-state index is 0.0369. The zero-order chi connectivity index (χ0) is 20.3. The van der Waals surface area contributed by atoms with E-state index in [2.05, 4.69) is 65.1 Å². The molecule has 4 aliphatic carbocycles. The highest BCUT2D eigenvalue weighted by Crippen LogP contribution is 2.76. The molecule has 5 rings (SSSR count). The van der Waals surface area contributed by atoms with Gasteiger partial charge in [0.2, 0.25) is 0 Å². The molecule has 0 aromatic heterocycles. The van der Waals surface area contributed by atoms with Crippen LogP contribution in [0.1, 0.15) is 46.5 Å². The van der Waals surface area contributed by atoms with E-state index < -0.39 is 11.0 Å². The van der Waals surface area contributed by atoms with Crippen molar-refractivity contribution in [3.63, 3.8) is 0 Å². The van der Waals surface area contributed by atoms with E-state index in [1.807, 2.05) is 13.0 Å². The Morgan fingerprint density at radius 1 is 1.32 bits per heavy atom. The van der Waals surface area contributed by atoms with Crippen LogP contribution in [0.15, 0.2) is 23.8 Å². The van der Waals surface area contributed by atoms with E-state index in [1.54, 1.807) is 6.08 Å². The number of carbonyl (C=O) groups excluding carboxylic acids is 2. The molecule has 6 heteroatoms. The third kappa shape index (κ3) is 2.09. The van der Waals surface area contributed by atoms with Crippen LogP contribution >= 0.6 is 45.2 Å². The van der Waals surface area contributed by atoms with Gasteiger partial charge in [0.1, 0.15) is 13.1 Å². The maximum absolute atomic E-state index is 13.2. The first-order valence-electron chi connectivity index (χ1n) is 10.2. The zero-order valence-electron chi connectivity index (χ0n) is 16.4. The van der Waals surface area contributed by atoms with E-state index >= 15 is 0 Å². The maximum Gasteiger partial charge on any atom is 0.187 e. The van der Waals surface area contributed by atoms with Gasteiger partial charge in [0.05, 0.1) is 6.10 Å². The number of ketones is 2. The van der Waals surface area contributed by atoms with Crippen LogP contribution in [0.5, 0.6) is 0 Å². The Hall–Kier alpha value is 0.200. The topological polar surface area (TPSA) is 66.9 Å². The summed E-state index contributed by atoms with van der Waals surface area (Å²) in [5.41, 5.74) is -1.09. The minimum atomic E-state index is -1.29. The molecular weight excluding hydrogens is 582 g/mol. The second-order valence-corrected chi connectivity index (χ2v) is 14.8. The highest BCUT2D eigenvalue weighted by molar-refractivity contribution is 14.2. The Labute approximate surface area is 193 Å². The number of alkyl halides is 2. The predicted molar refractivity (Wildman–Crippen MR) is 122 cm³/mol. The molecule has 0 aromatic rings. The molecule has 0 amide bonds. The largest absolute Gasteiger partial charge is 0.381 e. The monoisotopic (exact) mass is 608 g/mol. The number of epoxide rings is 1. The van der Waals surface area contributed by atoms with Gasteiger partial charge >= 0.3 is 0 Å². The highest BCUT2D eigenvalue weighted by Gasteiger charge is 2.82. The number of rotatable bonds is 2. The normalized spacial score (nSPS) is 53.8. The second-order valence-electron chi connectivity index (χ2n) is 9.95. The average molecular weight is 608 g/mol. The first kappa shape index (κ1) is 20.1. The van der Waals surface area contributed by atoms with Crippen molar-refractivity contribution < 1.29 is 19.4 Å². The molecule has 1 saturated heterocycles. The Morgan fingerprint density at radius 2 is 2.04 bits per heavy atom. The van der Waals surface area contributed by atoms with E-state index in [4.69, 9.17) is 4.74 Å². The zero-order valence-corrected chi connectivity index (χ0v) is 20.7. The van der Waals surface area contributed by atoms with Crippen molar-refractivity contribution in [1.82, 2.24) is 0 Å². The number of Topliss-reactive ketones (excluding diaryl/α,β-unsaturated/α-hetero) is 1. The van der Waals surface area contributed by atoms with Crippen molar-refractivity contribution in [3.05, 3.63) is 23.8 Å². The Bertz CT molecular complexity index is 849. The lowest BCUT2D eigenvalue weighted by Gasteiger charge is -2.55. The summed E-state index contributed by atoms with van der Waals surface area (Å²) in [4.78, 5) is 25.1. The third-order valence-corrected chi connectivity index (χ3v) is 10.2. The summed E-state index contributed by atoms with van der Waals surface area (Å²) in [6.45, 7) is 6.40. The Balaban J connectivity index is 1.59. The number of ether oxygens (including phenoxy) is 1. The van der Waals surface area contributed by atoms with Gasteiger partial charge in [-0.05, 0) is 62.5 Å². The van der Waals surface area contributed by atoms with Crippen molar-refractivity contribution in [3.8, 4) is 0 Å². The quantitative estimate of drug-likeness (QED) is 0.291. The number of carbonyl (C=O) groups is 2. The van der Waals surface area contributed by atoms with Gasteiger partial charge in [0.25, 0.3) is 0 Å². The fraction of sp³-hybridized carbons (Fsp3) is 0.727. The second kappa shape index (κ2) is 5.91. The molecule has 1 heterocycles. The number of hydrogen-bond acceptors (Lipinski definition) is 4. The van der Waals surface area contributed by atoms with Crippen molar-refractivity contribution in [2.24, 2.45) is 28.6 Å². The highest BCUT2D eigenvalue weighted by atomic mass is 127. The summed E-state index contributed by atoms with van der Waals surface area (Å²) in [6, 6.07) is 0. The standard InChI is InChI=1S/C22H26I2O4/c1-11-8-15-14-5-4-12-9-13(25)6-7-19(12,2)22(14)16(28-22)10-20(15,3)21(11,27)17(26)18(23)24/h6-7,9,11,14-16,18,27H,4-5,8,10H2,1-3H3/t11-,14?,15+,16-,19+,20+,21+,22+/m1/s1. The number of halogens is 2. The first-order valence-corrected chi connectivity index (χ1v) is 12.7. The van der Waals surface area contributed by atoms with Crippen LogP contribution in [0.2, 0.25) is 0 Å². The summed E-state index contributed by atoms with van der Waals surface area (Å²) >= 11 is 4.25. The molecular formula is C22H26I2O4. The van der Waals surface area contributed by atoms with Crippen LogP contribution < -0.4 is 0 Å². The first-order chi connectivity index (χ1) is 13.0. The van der Waals surface area contributed by atoms with Crippen LogP contribution in [0.4, 0.5) is 0 Å². The van der Waals surface area contributed by atoms with Crippen LogP contribution in [0.25, 0.3) is 0 Å². The molecule has 0 radical (unpaired) electrons. The van der Waals surface area contributed by atoms with Gasteiger partial charge in [-0.25, -0.2) is 0 Å². The lowest BCUT2D eigenvalue weighted by Crippen LogP contribution is -2.62. The van der Waals surface area contributed by atoms with Crippen LogP contribution in [0, 0.1) is 28.6 Å². The van der Waals surface area contributed by atoms with E-state index in [0.717, 1.165) is 19.3 Å². The van der Waals surface area contributed by atoms with Gasteiger partial charge in [-0.15, -0.1) is 0 Å². The molecule has 28 heavy (non-hydrogen) atoms. The minimum Gasteiger partial charge on any atom is -0.381 e. The molecule has 1 aliphatic heterocycles. The maximum atomic E-state index is 13.2. The molecule has 4 fully saturated rings. The van der Waals surface area contributed by atoms with Gasteiger partial charge in [-0.2, -0.15) is 0 Å². The molecule has 0 aromatic carbocycles. The summed E-state index contributed by atoms with van der Waals surface area (Å²) in [6.07, 6.45) is 9.05. The molecule has 152 valence electrons. The van der Waals surface area contributed by atoms with E-state index in [-0.39, 0.29) is 42.5 Å². The lowest BCUT2D eigenvalue weighted by atomic mass is 9.47. The van der Waals surface area contributed by atoms with Gasteiger partial charge in [0.15, 0.2) is 11.6 Å². The fourth-order valence-electron chi connectivity index (χ4n) is 7.68. The average Bonchev–Trinajstić information content (AvgIpc) is 3.31. The number of fused-ring (bicyclic) bond motifs is 3. The molecule has 4 nitrogen and oxygen atoms in total. The number of hydrogen-bond donors (Lipinski definition) is 1. The fourth-order valence-corrected chi connectivity index (χ4v) is 8.62. The molecule has 0 bridgehead atoms. The molecule has 3 saturated carbocycles. The number of allylic oxidation sites excluding steroid dienone is 2. The van der Waals surface area contributed by atoms with Gasteiger partial charge in [-0.1, -0.05) is 70.7 Å². The lowest BCUT2D eigenvalue weighted by molar-refractivity contribution is -0.160. The number of aliphatic hydroxyl groups is 1. The smallest absolute Gasteiger partial charge is 0.187 e. The Kier molecular flexibility index (Phi) is 4.25. The summed E-state index contributed by atoms with van der Waals surface area (Å²) < 4.78 is 6.28. The van der Waals surface area contributed by atoms with E-state index in [0.29, 0.717) is 12.3 Å². The van der Waals surface area contributed by atoms with Crippen LogP contribution in [-0.4, -0.2) is 35.9 Å². The Morgan fingerprint density at radius 3 is 2.71 bits per heavy atom. The van der Waals surface area contributed by atoms with Crippen molar-refractivity contribution in [2.75, 3.05) is 0 Å². The molecule has 1 N–H and O–H groups in total. The van der Waals surface area contributed by atoms with E-state index in [9.17, 15) is 14.7 Å². The van der Waals surface area contributed by atoms with Crippen molar-refractivity contribution in [1.29, 1.82) is 0 Å². The van der Waals surface area contributed by atoms with Crippen LogP contribution in [-0.2, 0) is 14.3 Å². The summed E-state index contributed by atoms with van der Waals surface area (Å²) in [5.74, 6) is 0.549. The third-order valence-electron chi connectivity index (χ3n) is 9.09. The SMILES string of the molecule is C[C@@H]1C[C@H]2C3CCC4=CC(=O)C=C[C@]4(C)[C@]34O[C@@H]4C[C@]2(C)[C@@]1(O)C(=O)C(I)I. The van der Waals surface area contributed by atoms with Gasteiger partial charge < -0.3 is 9.84 Å². The van der Waals surface area contributed by atoms with E-state index in [1.165, 1.54) is 5.57 Å². The predicted octanol–water partition coefficient (Wildman–Crippen LogP) is 4.17. The summed E-state index contributed by atoms with van der Waals surface area (Å²) in [7, 11) is 0. The van der Waals surface area contributed by atoms with Gasteiger partial charge in [-0.3, -0.25) is 9.59 Å². The van der Waals surface area contributed by atoms with Crippen molar-refractivity contribution >= 4 is 56.7 Å². The van der Waals surface area contributed by atoms with Crippen LogP contribution in [0.3, 0.4) is 0 Å². The molecule has 5 aliphatic rings. The van der Waals surface area contributed by atoms with Crippen molar-refractivity contribution in [2.45, 2.75) is 65.7 Å². The molecule has 8 atom stereocenters. The molecule has 1 unspecified atom stereocenters.